The van der Waals surface area contributed by atoms with Crippen LogP contribution in [-0.4, -0.2) is 24.8 Å². The molecule has 0 N–H and O–H groups in total. The fraction of sp³-hybridized carbons (Fsp3) is 1.00. The molecule has 0 bridgehead atoms. The summed E-state index contributed by atoms with van der Waals surface area (Å²) in [5.74, 6) is 0. The molecule has 0 aromatic heterocycles. The first-order chi connectivity index (χ1) is 5.57. The molecule has 0 aliphatic rings. The molecule has 0 spiro atoms. The highest BCUT2D eigenvalue weighted by Gasteiger charge is 2.49. The monoisotopic (exact) mass is 214 g/mol. The molecule has 0 rings (SSSR count). The van der Waals surface area contributed by atoms with Crippen molar-refractivity contribution in [2.24, 2.45) is 0 Å². The van der Waals surface area contributed by atoms with E-state index in [2.05, 4.69) is 4.74 Å². The Kier molecular flexibility index (Phi) is 3.54. The molecule has 0 aliphatic heterocycles. The maximum atomic E-state index is 11.9. The number of hydrogen-bond acceptors (Lipinski definition) is 1. The SMILES string of the molecule is CC(OC(F)(F)C(F)F)C(F)(F)F. The third-order valence-electron chi connectivity index (χ3n) is 1.05. The summed E-state index contributed by atoms with van der Waals surface area (Å²) in [7, 11) is 0. The third-order valence-corrected chi connectivity index (χ3v) is 1.05. The average Bonchev–Trinajstić information content (AvgIpc) is 1.83. The van der Waals surface area contributed by atoms with Crippen LogP contribution in [0.1, 0.15) is 6.92 Å². The van der Waals surface area contributed by atoms with Gasteiger partial charge >= 0.3 is 18.7 Å². The normalized spacial score (nSPS) is 16.4. The van der Waals surface area contributed by atoms with Crippen LogP contribution in [0, 0.1) is 0 Å². The zero-order valence-electron chi connectivity index (χ0n) is 6.21. The van der Waals surface area contributed by atoms with Gasteiger partial charge in [0, 0.05) is 0 Å². The smallest absolute Gasteiger partial charge is 0.303 e. The van der Waals surface area contributed by atoms with Crippen molar-refractivity contribution in [3.05, 3.63) is 0 Å². The Morgan fingerprint density at radius 1 is 1.00 bits per heavy atom. The van der Waals surface area contributed by atoms with Gasteiger partial charge in [0.1, 0.15) is 0 Å². The highest BCUT2D eigenvalue weighted by atomic mass is 19.4. The molecule has 8 heteroatoms. The van der Waals surface area contributed by atoms with Crippen molar-refractivity contribution in [3.63, 3.8) is 0 Å². The first-order valence-corrected chi connectivity index (χ1v) is 2.98. The van der Waals surface area contributed by atoms with Crippen LogP contribution in [0.4, 0.5) is 30.7 Å². The predicted octanol–water partition coefficient (Wildman–Crippen LogP) is 2.81. The van der Waals surface area contributed by atoms with E-state index in [0.29, 0.717) is 0 Å². The molecule has 0 heterocycles. The molecule has 0 aliphatic carbocycles. The van der Waals surface area contributed by atoms with Gasteiger partial charge in [0.15, 0.2) is 6.10 Å². The molecule has 80 valence electrons. The van der Waals surface area contributed by atoms with Crippen LogP contribution in [0.3, 0.4) is 0 Å². The van der Waals surface area contributed by atoms with E-state index in [1.807, 2.05) is 0 Å². The second-order valence-electron chi connectivity index (χ2n) is 2.16. The summed E-state index contributed by atoms with van der Waals surface area (Å²) >= 11 is 0. The molecule has 1 unspecified atom stereocenters. The topological polar surface area (TPSA) is 9.23 Å². The summed E-state index contributed by atoms with van der Waals surface area (Å²) in [5.41, 5.74) is 0. The minimum Gasteiger partial charge on any atom is -0.303 e. The standard InChI is InChI=1S/C5H5F7O/c1-2(4(8,9)10)13-5(11,12)3(6)7/h2-3H,1H3. The Labute approximate surface area is 68.5 Å². The van der Waals surface area contributed by atoms with Crippen molar-refractivity contribution >= 4 is 0 Å². The summed E-state index contributed by atoms with van der Waals surface area (Å²) < 4.78 is 83.8. The zero-order chi connectivity index (χ0) is 10.9. The lowest BCUT2D eigenvalue weighted by Crippen LogP contribution is -2.40. The summed E-state index contributed by atoms with van der Waals surface area (Å²) in [4.78, 5) is 0. The maximum absolute atomic E-state index is 11.9. The molecule has 0 saturated heterocycles. The molecule has 0 radical (unpaired) electrons. The Hall–Kier alpha value is -0.530. The van der Waals surface area contributed by atoms with Gasteiger partial charge in [-0.05, 0) is 6.92 Å². The molecule has 0 amide bonds. The van der Waals surface area contributed by atoms with Gasteiger partial charge in [-0.3, -0.25) is 0 Å². The second-order valence-corrected chi connectivity index (χ2v) is 2.16. The Morgan fingerprint density at radius 2 is 1.38 bits per heavy atom. The first-order valence-electron chi connectivity index (χ1n) is 2.98. The van der Waals surface area contributed by atoms with Crippen molar-refractivity contribution in [3.8, 4) is 0 Å². The van der Waals surface area contributed by atoms with Crippen LogP contribution in [0.5, 0.6) is 0 Å². The molecule has 1 nitrogen and oxygen atoms in total. The average molecular weight is 214 g/mol. The van der Waals surface area contributed by atoms with E-state index < -0.39 is 24.8 Å². The van der Waals surface area contributed by atoms with E-state index in [4.69, 9.17) is 0 Å². The van der Waals surface area contributed by atoms with E-state index in [0.717, 1.165) is 0 Å². The minimum atomic E-state index is -5.08. The van der Waals surface area contributed by atoms with Gasteiger partial charge in [-0.15, -0.1) is 0 Å². The van der Waals surface area contributed by atoms with Gasteiger partial charge in [0.05, 0.1) is 0 Å². The van der Waals surface area contributed by atoms with Crippen LogP contribution in [-0.2, 0) is 4.74 Å². The molecular weight excluding hydrogens is 209 g/mol. The molecule has 0 saturated carbocycles. The van der Waals surface area contributed by atoms with Gasteiger partial charge in [-0.2, -0.15) is 22.0 Å². The van der Waals surface area contributed by atoms with Crippen molar-refractivity contribution in [1.82, 2.24) is 0 Å². The fourth-order valence-electron chi connectivity index (χ4n) is 0.354. The lowest BCUT2D eigenvalue weighted by atomic mass is 10.4. The van der Waals surface area contributed by atoms with Gasteiger partial charge in [-0.25, -0.2) is 8.78 Å². The van der Waals surface area contributed by atoms with Gasteiger partial charge in [-0.1, -0.05) is 0 Å². The highest BCUT2D eigenvalue weighted by Crippen LogP contribution is 2.31. The summed E-state index contributed by atoms with van der Waals surface area (Å²) in [6, 6.07) is 0. The van der Waals surface area contributed by atoms with Crippen LogP contribution in [0.2, 0.25) is 0 Å². The largest absolute Gasteiger partial charge is 0.417 e. The summed E-state index contributed by atoms with van der Waals surface area (Å²) in [6.45, 7) is 0.219. The van der Waals surface area contributed by atoms with Crippen molar-refractivity contribution in [2.75, 3.05) is 0 Å². The molecular formula is C5H5F7O. The Bertz CT molecular complexity index is 163. The van der Waals surface area contributed by atoms with E-state index in [1.165, 1.54) is 0 Å². The van der Waals surface area contributed by atoms with Gasteiger partial charge in [0.2, 0.25) is 0 Å². The molecule has 1 atom stereocenters. The minimum absolute atomic E-state index is 0.219. The molecule has 0 fully saturated rings. The van der Waals surface area contributed by atoms with Gasteiger partial charge in [0.25, 0.3) is 0 Å². The Balaban J connectivity index is 4.28. The summed E-state index contributed by atoms with van der Waals surface area (Å²) in [6.07, 6.45) is -17.4. The highest BCUT2D eigenvalue weighted by molar-refractivity contribution is 4.65. The van der Waals surface area contributed by atoms with Gasteiger partial charge < -0.3 is 4.74 Å². The zero-order valence-corrected chi connectivity index (χ0v) is 6.21. The summed E-state index contributed by atoms with van der Waals surface area (Å²) in [5, 5.41) is 0. The fourth-order valence-corrected chi connectivity index (χ4v) is 0.354. The maximum Gasteiger partial charge on any atom is 0.417 e. The quantitative estimate of drug-likeness (QED) is 0.656. The number of ether oxygens (including phenoxy) is 1. The number of halogens is 7. The molecule has 0 aromatic rings. The van der Waals surface area contributed by atoms with Crippen molar-refractivity contribution in [2.45, 2.75) is 31.7 Å². The molecule has 13 heavy (non-hydrogen) atoms. The number of hydrogen-bond donors (Lipinski definition) is 0. The van der Waals surface area contributed by atoms with Crippen LogP contribution in [0.15, 0.2) is 0 Å². The lowest BCUT2D eigenvalue weighted by Gasteiger charge is -2.22. The second kappa shape index (κ2) is 3.69. The van der Waals surface area contributed by atoms with Crippen molar-refractivity contribution < 1.29 is 35.5 Å². The molecule has 0 aromatic carbocycles. The van der Waals surface area contributed by atoms with E-state index in [1.54, 1.807) is 0 Å². The van der Waals surface area contributed by atoms with Crippen molar-refractivity contribution in [1.29, 1.82) is 0 Å². The number of rotatable bonds is 3. The van der Waals surface area contributed by atoms with Crippen LogP contribution < -0.4 is 0 Å². The van der Waals surface area contributed by atoms with Crippen LogP contribution in [0.25, 0.3) is 0 Å². The van der Waals surface area contributed by atoms with E-state index >= 15 is 0 Å². The van der Waals surface area contributed by atoms with Crippen LogP contribution >= 0.6 is 0 Å². The predicted molar refractivity (Wildman–Crippen MR) is 27.6 cm³/mol. The first kappa shape index (κ1) is 12.5. The third kappa shape index (κ3) is 3.79. The number of alkyl halides is 7. The van der Waals surface area contributed by atoms with E-state index in [9.17, 15) is 30.7 Å². The van der Waals surface area contributed by atoms with E-state index in [-0.39, 0.29) is 6.92 Å². The lowest BCUT2D eigenvalue weighted by molar-refractivity contribution is -0.355. The Morgan fingerprint density at radius 3 is 1.62 bits per heavy atom.